The number of carboxylic acids is 1. The molecule has 1 aliphatic rings. The highest BCUT2D eigenvalue weighted by atomic mass is 19.1. The zero-order valence-electron chi connectivity index (χ0n) is 12.1. The third-order valence-corrected chi connectivity index (χ3v) is 4.09. The Hall–Kier alpha value is -2.11. The van der Waals surface area contributed by atoms with Gasteiger partial charge in [-0.15, -0.1) is 0 Å². The van der Waals surface area contributed by atoms with Crippen LogP contribution in [-0.4, -0.2) is 34.6 Å². The first-order valence-electron chi connectivity index (χ1n) is 7.00. The molecule has 2 N–H and O–H groups in total. The number of aromatic carboxylic acids is 1. The summed E-state index contributed by atoms with van der Waals surface area (Å²) >= 11 is 0. The summed E-state index contributed by atoms with van der Waals surface area (Å²) in [4.78, 5) is 25.1. The number of nitrogens with zero attached hydrogens (tertiary/aromatic N) is 1. The van der Waals surface area contributed by atoms with Gasteiger partial charge in [0, 0.05) is 12.6 Å². The van der Waals surface area contributed by atoms with E-state index in [4.69, 9.17) is 5.11 Å². The highest BCUT2D eigenvalue weighted by Crippen LogP contribution is 2.24. The molecule has 1 heterocycles. The van der Waals surface area contributed by atoms with Gasteiger partial charge in [-0.05, 0) is 43.9 Å². The van der Waals surface area contributed by atoms with Crippen LogP contribution in [0.1, 0.15) is 37.0 Å². The molecule has 2 atom stereocenters. The van der Waals surface area contributed by atoms with Crippen LogP contribution in [0.2, 0.25) is 0 Å². The Bertz CT molecular complexity index is 562. The first kappa shape index (κ1) is 15.3. The molecule has 1 fully saturated rings. The van der Waals surface area contributed by atoms with Crippen LogP contribution in [-0.2, 0) is 0 Å². The number of carbonyl (C=O) groups excluding carboxylic acids is 1. The average Bonchev–Trinajstić information content (AvgIpc) is 2.43. The van der Waals surface area contributed by atoms with Crippen molar-refractivity contribution in [2.75, 3.05) is 11.9 Å². The lowest BCUT2D eigenvalue weighted by atomic mass is 9.92. The van der Waals surface area contributed by atoms with E-state index in [0.29, 0.717) is 12.5 Å². The number of urea groups is 1. The first-order valence-corrected chi connectivity index (χ1v) is 7.00. The number of carboxylic acid groups (broad SMARTS) is 1. The van der Waals surface area contributed by atoms with Crippen LogP contribution in [0.3, 0.4) is 0 Å². The topological polar surface area (TPSA) is 69.6 Å². The summed E-state index contributed by atoms with van der Waals surface area (Å²) in [6.45, 7) is 4.71. The van der Waals surface area contributed by atoms with Gasteiger partial charge in [0.15, 0.2) is 0 Å². The quantitative estimate of drug-likeness (QED) is 0.880. The molecule has 0 bridgehead atoms. The molecule has 5 nitrogen and oxygen atoms in total. The number of piperidine rings is 1. The molecule has 1 saturated heterocycles. The molecule has 6 heteroatoms. The predicted molar refractivity (Wildman–Crippen MR) is 76.9 cm³/mol. The largest absolute Gasteiger partial charge is 0.478 e. The third-order valence-electron chi connectivity index (χ3n) is 4.09. The van der Waals surface area contributed by atoms with Gasteiger partial charge in [-0.3, -0.25) is 0 Å². The zero-order chi connectivity index (χ0) is 15.6. The number of nitrogens with one attached hydrogen (secondary N) is 1. The van der Waals surface area contributed by atoms with E-state index in [2.05, 4.69) is 12.2 Å². The van der Waals surface area contributed by atoms with E-state index in [-0.39, 0.29) is 23.3 Å². The van der Waals surface area contributed by atoms with E-state index in [9.17, 15) is 14.0 Å². The average molecular weight is 294 g/mol. The SMILES string of the molecule is CC1CCCN(C(=O)Nc2ccc(F)cc2C(=O)O)C1C. The molecular formula is C15H19FN2O3. The number of hydrogen-bond acceptors (Lipinski definition) is 2. The van der Waals surface area contributed by atoms with E-state index in [1.54, 1.807) is 4.90 Å². The number of amides is 2. The number of likely N-dealkylation sites (tertiary alicyclic amines) is 1. The van der Waals surface area contributed by atoms with E-state index >= 15 is 0 Å². The molecule has 0 spiro atoms. The molecule has 1 aromatic rings. The van der Waals surface area contributed by atoms with Crippen molar-refractivity contribution in [1.29, 1.82) is 0 Å². The molecular weight excluding hydrogens is 275 g/mol. The third kappa shape index (κ3) is 3.32. The minimum atomic E-state index is -1.27. The van der Waals surface area contributed by atoms with E-state index < -0.39 is 11.8 Å². The lowest BCUT2D eigenvalue weighted by Crippen LogP contribution is -2.48. The lowest BCUT2D eigenvalue weighted by molar-refractivity contribution is 0.0697. The fourth-order valence-electron chi connectivity index (χ4n) is 2.61. The van der Waals surface area contributed by atoms with Crippen molar-refractivity contribution in [3.8, 4) is 0 Å². The summed E-state index contributed by atoms with van der Waals surface area (Å²) < 4.78 is 13.1. The summed E-state index contributed by atoms with van der Waals surface area (Å²) in [5.74, 6) is -1.52. The minimum Gasteiger partial charge on any atom is -0.478 e. The smallest absolute Gasteiger partial charge is 0.337 e. The number of halogens is 1. The maximum absolute atomic E-state index is 13.1. The second kappa shape index (κ2) is 6.11. The van der Waals surface area contributed by atoms with Gasteiger partial charge in [0.05, 0.1) is 11.3 Å². The molecule has 0 aliphatic carbocycles. The molecule has 1 aromatic carbocycles. The van der Waals surface area contributed by atoms with Gasteiger partial charge in [0.2, 0.25) is 0 Å². The van der Waals surface area contributed by atoms with Crippen LogP contribution in [0.25, 0.3) is 0 Å². The maximum Gasteiger partial charge on any atom is 0.337 e. The standard InChI is InChI=1S/C15H19FN2O3/c1-9-4-3-7-18(10(9)2)15(21)17-13-6-5-11(16)8-12(13)14(19)20/h5-6,8-10H,3-4,7H2,1-2H3,(H,17,21)(H,19,20). The van der Waals surface area contributed by atoms with E-state index in [1.807, 2.05) is 6.92 Å². The minimum absolute atomic E-state index is 0.0903. The number of hydrogen-bond donors (Lipinski definition) is 2. The molecule has 0 radical (unpaired) electrons. The molecule has 0 aromatic heterocycles. The lowest BCUT2D eigenvalue weighted by Gasteiger charge is -2.37. The van der Waals surface area contributed by atoms with Gasteiger partial charge < -0.3 is 15.3 Å². The second-order valence-corrected chi connectivity index (χ2v) is 5.48. The molecule has 2 rings (SSSR count). The molecule has 114 valence electrons. The summed E-state index contributed by atoms with van der Waals surface area (Å²) in [6, 6.07) is 3.05. The summed E-state index contributed by atoms with van der Waals surface area (Å²) in [5.41, 5.74) is -0.139. The first-order chi connectivity index (χ1) is 9.90. The van der Waals surface area contributed by atoms with Crippen LogP contribution in [0.4, 0.5) is 14.9 Å². The number of carbonyl (C=O) groups is 2. The molecule has 2 unspecified atom stereocenters. The molecule has 21 heavy (non-hydrogen) atoms. The monoisotopic (exact) mass is 294 g/mol. The fraction of sp³-hybridized carbons (Fsp3) is 0.467. The number of benzene rings is 1. The zero-order valence-corrected chi connectivity index (χ0v) is 12.1. The summed E-state index contributed by atoms with van der Waals surface area (Å²) in [7, 11) is 0. The van der Waals surface area contributed by atoms with Crippen molar-refractivity contribution >= 4 is 17.7 Å². The molecule has 2 amide bonds. The van der Waals surface area contributed by atoms with Crippen molar-refractivity contribution in [3.63, 3.8) is 0 Å². The van der Waals surface area contributed by atoms with Gasteiger partial charge >= 0.3 is 12.0 Å². The highest BCUT2D eigenvalue weighted by molar-refractivity contribution is 6.00. The van der Waals surface area contributed by atoms with Crippen LogP contribution in [0, 0.1) is 11.7 Å². The van der Waals surface area contributed by atoms with Gasteiger partial charge in [-0.1, -0.05) is 6.92 Å². The number of rotatable bonds is 2. The molecule has 0 saturated carbocycles. The normalized spacial score (nSPS) is 22.0. The van der Waals surface area contributed by atoms with Gasteiger partial charge in [-0.25, -0.2) is 14.0 Å². The molecule has 1 aliphatic heterocycles. The summed E-state index contributed by atoms with van der Waals surface area (Å²) in [6.07, 6.45) is 2.00. The van der Waals surface area contributed by atoms with E-state index in [0.717, 1.165) is 25.0 Å². The van der Waals surface area contributed by atoms with Crippen LogP contribution in [0.5, 0.6) is 0 Å². The second-order valence-electron chi connectivity index (χ2n) is 5.48. The van der Waals surface area contributed by atoms with E-state index in [1.165, 1.54) is 6.07 Å². The Balaban J connectivity index is 2.18. The fourth-order valence-corrected chi connectivity index (χ4v) is 2.61. The van der Waals surface area contributed by atoms with Crippen molar-refractivity contribution < 1.29 is 19.1 Å². The Morgan fingerprint density at radius 1 is 1.38 bits per heavy atom. The van der Waals surface area contributed by atoms with Gasteiger partial charge in [0.25, 0.3) is 0 Å². The van der Waals surface area contributed by atoms with Crippen LogP contribution >= 0.6 is 0 Å². The highest BCUT2D eigenvalue weighted by Gasteiger charge is 2.29. The van der Waals surface area contributed by atoms with Gasteiger partial charge in [0.1, 0.15) is 5.82 Å². The van der Waals surface area contributed by atoms with Crippen molar-refractivity contribution in [2.45, 2.75) is 32.7 Å². The Labute approximate surface area is 122 Å². The Kier molecular flexibility index (Phi) is 4.45. The number of anilines is 1. The van der Waals surface area contributed by atoms with Crippen molar-refractivity contribution in [2.24, 2.45) is 5.92 Å². The maximum atomic E-state index is 13.1. The Morgan fingerprint density at radius 2 is 2.10 bits per heavy atom. The predicted octanol–water partition coefficient (Wildman–Crippen LogP) is 3.18. The van der Waals surface area contributed by atoms with Gasteiger partial charge in [-0.2, -0.15) is 0 Å². The van der Waals surface area contributed by atoms with Crippen molar-refractivity contribution in [1.82, 2.24) is 4.90 Å². The van der Waals surface area contributed by atoms with Crippen LogP contribution < -0.4 is 5.32 Å². The van der Waals surface area contributed by atoms with Crippen molar-refractivity contribution in [3.05, 3.63) is 29.6 Å². The van der Waals surface area contributed by atoms with Crippen LogP contribution in [0.15, 0.2) is 18.2 Å². The summed E-state index contributed by atoms with van der Waals surface area (Å²) in [5, 5.41) is 11.7. The Morgan fingerprint density at radius 3 is 2.76 bits per heavy atom.